The molecule has 0 bridgehead atoms. The van der Waals surface area contributed by atoms with Crippen LogP contribution >= 0.6 is 11.6 Å². The topological polar surface area (TPSA) is 54.2 Å². The molecule has 0 saturated heterocycles. The smallest absolute Gasteiger partial charge is 0.247 e. The minimum Gasteiger partial charge on any atom is -0.419 e. The molecule has 0 aliphatic heterocycles. The van der Waals surface area contributed by atoms with Crippen LogP contribution in [0.25, 0.3) is 11.5 Å². The molecule has 0 unspecified atom stereocenters. The molecule has 0 aliphatic rings. The highest BCUT2D eigenvalue weighted by Gasteiger charge is 2.10. The van der Waals surface area contributed by atoms with Crippen molar-refractivity contribution in [1.82, 2.24) is 20.4 Å². The lowest BCUT2D eigenvalue weighted by molar-refractivity contribution is 0.291. The number of hydrogen-bond acceptors (Lipinski definition) is 5. The van der Waals surface area contributed by atoms with Gasteiger partial charge in [0.05, 0.1) is 6.54 Å². The summed E-state index contributed by atoms with van der Waals surface area (Å²) in [6.07, 6.45) is 0. The van der Waals surface area contributed by atoms with Gasteiger partial charge in [0.25, 0.3) is 0 Å². The van der Waals surface area contributed by atoms with Gasteiger partial charge in [0.15, 0.2) is 0 Å². The first-order valence-corrected chi connectivity index (χ1v) is 6.48. The number of likely N-dealkylation sites (N-methyl/N-ethyl adjacent to an activating group) is 2. The van der Waals surface area contributed by atoms with Crippen molar-refractivity contribution in [3.8, 4) is 11.5 Å². The van der Waals surface area contributed by atoms with Gasteiger partial charge in [-0.15, -0.1) is 10.2 Å². The van der Waals surface area contributed by atoms with Gasteiger partial charge in [0, 0.05) is 23.7 Å². The minimum atomic E-state index is 0.522. The van der Waals surface area contributed by atoms with E-state index in [0.29, 0.717) is 23.3 Å². The Morgan fingerprint density at radius 2 is 2.00 bits per heavy atom. The van der Waals surface area contributed by atoms with Crippen LogP contribution < -0.4 is 5.32 Å². The molecular weight excluding hydrogens is 264 g/mol. The third kappa shape index (κ3) is 4.02. The molecule has 1 aromatic heterocycles. The Bertz CT molecular complexity index is 512. The van der Waals surface area contributed by atoms with E-state index >= 15 is 0 Å². The minimum absolute atomic E-state index is 0.522. The summed E-state index contributed by atoms with van der Waals surface area (Å²) in [6.45, 7) is 2.49. The summed E-state index contributed by atoms with van der Waals surface area (Å²) < 4.78 is 5.63. The molecule has 1 heterocycles. The van der Waals surface area contributed by atoms with E-state index < -0.39 is 0 Å². The largest absolute Gasteiger partial charge is 0.419 e. The predicted octanol–water partition coefficient (Wildman–Crippen LogP) is 2.04. The number of benzene rings is 1. The number of halogens is 1. The van der Waals surface area contributed by atoms with Crippen molar-refractivity contribution in [3.63, 3.8) is 0 Å². The number of nitrogens with zero attached hydrogens (tertiary/aromatic N) is 3. The molecule has 2 aromatic rings. The maximum Gasteiger partial charge on any atom is 0.247 e. The summed E-state index contributed by atoms with van der Waals surface area (Å²) in [6, 6.07) is 7.34. The number of nitrogens with one attached hydrogen (secondary N) is 1. The second-order valence-electron chi connectivity index (χ2n) is 4.35. The fourth-order valence-electron chi connectivity index (χ4n) is 1.64. The van der Waals surface area contributed by atoms with Gasteiger partial charge in [-0.3, -0.25) is 4.90 Å². The quantitative estimate of drug-likeness (QED) is 0.878. The van der Waals surface area contributed by atoms with E-state index in [4.69, 9.17) is 16.0 Å². The molecule has 0 aliphatic carbocycles. The molecule has 6 heteroatoms. The highest BCUT2D eigenvalue weighted by Crippen LogP contribution is 2.20. The maximum absolute atomic E-state index is 5.84. The summed E-state index contributed by atoms with van der Waals surface area (Å²) in [5.74, 6) is 1.14. The van der Waals surface area contributed by atoms with Gasteiger partial charge in [-0.05, 0) is 38.4 Å². The normalized spacial score (nSPS) is 11.2. The summed E-state index contributed by atoms with van der Waals surface area (Å²) in [5, 5.41) is 11.9. The zero-order valence-corrected chi connectivity index (χ0v) is 11.8. The fourth-order valence-corrected chi connectivity index (χ4v) is 1.77. The van der Waals surface area contributed by atoms with Gasteiger partial charge in [-0.2, -0.15) is 0 Å². The molecule has 2 rings (SSSR count). The van der Waals surface area contributed by atoms with E-state index in [1.54, 1.807) is 12.1 Å². The van der Waals surface area contributed by atoms with Crippen LogP contribution in [0.4, 0.5) is 0 Å². The summed E-state index contributed by atoms with van der Waals surface area (Å²) in [7, 11) is 3.95. The van der Waals surface area contributed by atoms with E-state index in [2.05, 4.69) is 20.4 Å². The molecule has 0 saturated carbocycles. The van der Waals surface area contributed by atoms with Crippen LogP contribution in [-0.2, 0) is 6.54 Å². The lowest BCUT2D eigenvalue weighted by Gasteiger charge is -2.13. The zero-order valence-electron chi connectivity index (χ0n) is 11.1. The van der Waals surface area contributed by atoms with Crippen LogP contribution in [0.5, 0.6) is 0 Å². The second-order valence-corrected chi connectivity index (χ2v) is 4.79. The average Bonchev–Trinajstić information content (AvgIpc) is 2.85. The molecule has 1 N–H and O–H groups in total. The van der Waals surface area contributed by atoms with Gasteiger partial charge < -0.3 is 9.73 Å². The Kier molecular flexibility index (Phi) is 4.90. The van der Waals surface area contributed by atoms with Crippen molar-refractivity contribution < 1.29 is 4.42 Å². The van der Waals surface area contributed by atoms with Crippen molar-refractivity contribution in [2.45, 2.75) is 6.54 Å². The first-order valence-electron chi connectivity index (χ1n) is 6.10. The molecule has 102 valence electrons. The van der Waals surface area contributed by atoms with Crippen molar-refractivity contribution in [2.24, 2.45) is 0 Å². The molecule has 0 atom stereocenters. The van der Waals surface area contributed by atoms with Gasteiger partial charge >= 0.3 is 0 Å². The predicted molar refractivity (Wildman–Crippen MR) is 75.0 cm³/mol. The Hall–Kier alpha value is -1.43. The van der Waals surface area contributed by atoms with Crippen molar-refractivity contribution >= 4 is 11.6 Å². The van der Waals surface area contributed by atoms with Crippen LogP contribution in [0.3, 0.4) is 0 Å². The number of aromatic nitrogens is 2. The highest BCUT2D eigenvalue weighted by molar-refractivity contribution is 6.30. The lowest BCUT2D eigenvalue weighted by atomic mass is 10.2. The molecule has 0 amide bonds. The maximum atomic E-state index is 5.84. The Balaban J connectivity index is 2.00. The first-order chi connectivity index (χ1) is 9.19. The Morgan fingerprint density at radius 3 is 2.68 bits per heavy atom. The number of rotatable bonds is 6. The summed E-state index contributed by atoms with van der Waals surface area (Å²) in [5.41, 5.74) is 0.876. The third-order valence-corrected chi connectivity index (χ3v) is 2.96. The molecule has 0 fully saturated rings. The van der Waals surface area contributed by atoms with Crippen molar-refractivity contribution in [3.05, 3.63) is 35.2 Å². The first kappa shape index (κ1) is 14.0. The lowest BCUT2D eigenvalue weighted by Crippen LogP contribution is -2.27. The van der Waals surface area contributed by atoms with Crippen molar-refractivity contribution in [1.29, 1.82) is 0 Å². The van der Waals surface area contributed by atoms with Gasteiger partial charge in [-0.25, -0.2) is 0 Å². The van der Waals surface area contributed by atoms with E-state index in [1.807, 2.05) is 26.2 Å². The number of hydrogen-bond donors (Lipinski definition) is 1. The molecule has 19 heavy (non-hydrogen) atoms. The molecule has 1 aromatic carbocycles. The van der Waals surface area contributed by atoms with Crippen LogP contribution in [0.1, 0.15) is 5.89 Å². The zero-order chi connectivity index (χ0) is 13.7. The molecule has 0 spiro atoms. The van der Waals surface area contributed by atoms with Gasteiger partial charge in [0.2, 0.25) is 11.8 Å². The molecular formula is C13H17ClN4O. The fraction of sp³-hybridized carbons (Fsp3) is 0.385. The van der Waals surface area contributed by atoms with Crippen LogP contribution in [0.2, 0.25) is 5.02 Å². The Morgan fingerprint density at radius 1 is 1.26 bits per heavy atom. The third-order valence-electron chi connectivity index (χ3n) is 2.71. The van der Waals surface area contributed by atoms with Crippen LogP contribution in [0.15, 0.2) is 28.7 Å². The SMILES string of the molecule is CNCCN(C)Cc1nnc(-c2ccc(Cl)cc2)o1. The van der Waals surface area contributed by atoms with E-state index in [-0.39, 0.29) is 0 Å². The standard InChI is InChI=1S/C13H17ClN4O/c1-15-7-8-18(2)9-12-16-17-13(19-12)10-3-5-11(14)6-4-10/h3-6,15H,7-9H2,1-2H3. The van der Waals surface area contributed by atoms with Gasteiger partial charge in [0.1, 0.15) is 0 Å². The monoisotopic (exact) mass is 280 g/mol. The van der Waals surface area contributed by atoms with Gasteiger partial charge in [-0.1, -0.05) is 11.6 Å². The van der Waals surface area contributed by atoms with Crippen molar-refractivity contribution in [2.75, 3.05) is 27.2 Å². The van der Waals surface area contributed by atoms with E-state index in [9.17, 15) is 0 Å². The summed E-state index contributed by atoms with van der Waals surface area (Å²) in [4.78, 5) is 2.12. The molecule has 5 nitrogen and oxygen atoms in total. The second kappa shape index (κ2) is 6.65. The Labute approximate surface area is 117 Å². The highest BCUT2D eigenvalue weighted by atomic mass is 35.5. The van der Waals surface area contributed by atoms with E-state index in [1.165, 1.54) is 0 Å². The van der Waals surface area contributed by atoms with Crippen LogP contribution in [0, 0.1) is 0 Å². The average molecular weight is 281 g/mol. The van der Waals surface area contributed by atoms with E-state index in [0.717, 1.165) is 18.7 Å². The summed E-state index contributed by atoms with van der Waals surface area (Å²) >= 11 is 5.84. The molecule has 0 radical (unpaired) electrons. The van der Waals surface area contributed by atoms with Crippen LogP contribution in [-0.4, -0.2) is 42.3 Å².